The van der Waals surface area contributed by atoms with Gasteiger partial charge in [0.2, 0.25) is 0 Å². The molecule has 1 aromatic carbocycles. The Balaban J connectivity index is 1.72. The number of hydrogen-bond acceptors (Lipinski definition) is 8. The first-order valence-electron chi connectivity index (χ1n) is 9.41. The molecule has 0 spiro atoms. The van der Waals surface area contributed by atoms with Crippen molar-refractivity contribution in [2.45, 2.75) is 50.1 Å². The Kier molecular flexibility index (Phi) is 5.73. The average molecular weight is 460 g/mol. The van der Waals surface area contributed by atoms with Gasteiger partial charge in [-0.1, -0.05) is 16.8 Å². The van der Waals surface area contributed by atoms with Gasteiger partial charge in [-0.3, -0.25) is 0 Å². The average Bonchev–Trinajstić information content (AvgIpc) is 3.19. The van der Waals surface area contributed by atoms with Gasteiger partial charge < -0.3 is 24.1 Å². The quantitative estimate of drug-likeness (QED) is 0.548. The van der Waals surface area contributed by atoms with Crippen LogP contribution in [0.25, 0.3) is 11.3 Å². The Bertz CT molecular complexity index is 980. The van der Waals surface area contributed by atoms with E-state index in [4.69, 9.17) is 30.5 Å². The molecule has 0 bridgehead atoms. The topological polar surface area (TPSA) is 105 Å². The first kappa shape index (κ1) is 22.0. The van der Waals surface area contributed by atoms with Crippen molar-refractivity contribution in [2.24, 2.45) is 0 Å². The molecule has 1 aromatic heterocycles. The van der Waals surface area contributed by atoms with Crippen molar-refractivity contribution in [2.75, 3.05) is 13.7 Å². The Morgan fingerprint density at radius 1 is 1.39 bits per heavy atom. The molecule has 2 aliphatic heterocycles. The molecular formula is C19H20ClF2N3O6. The summed E-state index contributed by atoms with van der Waals surface area (Å²) < 4.78 is 50.6. The van der Waals surface area contributed by atoms with Crippen LogP contribution in [0.15, 0.2) is 18.3 Å². The highest BCUT2D eigenvalue weighted by molar-refractivity contribution is 6.31. The zero-order valence-corrected chi connectivity index (χ0v) is 17.5. The third kappa shape index (κ3) is 4.03. The summed E-state index contributed by atoms with van der Waals surface area (Å²) in [4.78, 5) is 12.2. The molecule has 2 aliphatic rings. The van der Waals surface area contributed by atoms with Gasteiger partial charge in [0.05, 0.1) is 24.9 Å². The molecule has 0 unspecified atom stereocenters. The van der Waals surface area contributed by atoms with Crippen LogP contribution in [0.2, 0.25) is 5.02 Å². The zero-order valence-electron chi connectivity index (χ0n) is 16.8. The Hall–Kier alpha value is -2.18. The number of halogens is 3. The van der Waals surface area contributed by atoms with Gasteiger partial charge in [0.1, 0.15) is 30.0 Å². The number of methoxy groups -OCH3 is 1. The van der Waals surface area contributed by atoms with E-state index in [1.54, 1.807) is 13.8 Å². The van der Waals surface area contributed by atoms with Gasteiger partial charge in [0, 0.05) is 5.56 Å². The summed E-state index contributed by atoms with van der Waals surface area (Å²) in [6.45, 7) is 3.51. The Morgan fingerprint density at radius 2 is 2.13 bits per heavy atom. The second-order valence-corrected chi connectivity index (χ2v) is 8.14. The Morgan fingerprint density at radius 3 is 2.81 bits per heavy atom. The molecule has 9 nitrogen and oxygen atoms in total. The lowest BCUT2D eigenvalue weighted by Crippen LogP contribution is -2.63. The third-order valence-corrected chi connectivity index (χ3v) is 5.50. The van der Waals surface area contributed by atoms with Crippen LogP contribution in [0, 0.1) is 11.6 Å². The van der Waals surface area contributed by atoms with Crippen LogP contribution in [-0.2, 0) is 23.7 Å². The van der Waals surface area contributed by atoms with Crippen LogP contribution in [-0.4, -0.2) is 70.0 Å². The molecule has 2 saturated heterocycles. The number of nitrogens with zero attached hydrogens (tertiary/aromatic N) is 3. The molecule has 31 heavy (non-hydrogen) atoms. The number of carbonyl (C=O) groups is 1. The molecule has 5 atom stereocenters. The van der Waals surface area contributed by atoms with Crippen molar-refractivity contribution in [3.8, 4) is 11.3 Å². The summed E-state index contributed by atoms with van der Waals surface area (Å²) >= 11 is 5.73. The van der Waals surface area contributed by atoms with E-state index in [-0.39, 0.29) is 17.9 Å². The zero-order chi connectivity index (χ0) is 22.5. The molecule has 4 rings (SSSR count). The maximum atomic E-state index is 13.8. The van der Waals surface area contributed by atoms with E-state index in [1.807, 2.05) is 0 Å². The van der Waals surface area contributed by atoms with Crippen LogP contribution in [0.1, 0.15) is 19.9 Å². The number of benzene rings is 1. The summed E-state index contributed by atoms with van der Waals surface area (Å²) in [7, 11) is 1.18. The van der Waals surface area contributed by atoms with E-state index < -0.39 is 58.9 Å². The number of esters is 1. The molecule has 0 aliphatic carbocycles. The van der Waals surface area contributed by atoms with Crippen LogP contribution in [0.3, 0.4) is 0 Å². The predicted octanol–water partition coefficient (Wildman–Crippen LogP) is 1.87. The van der Waals surface area contributed by atoms with Crippen LogP contribution < -0.4 is 0 Å². The number of aromatic nitrogens is 3. The normalized spacial score (nSPS) is 30.0. The highest BCUT2D eigenvalue weighted by Crippen LogP contribution is 2.39. The van der Waals surface area contributed by atoms with Gasteiger partial charge in [0.15, 0.2) is 23.5 Å². The minimum absolute atomic E-state index is 0.106. The lowest BCUT2D eigenvalue weighted by Gasteiger charge is -2.49. The number of carbonyl (C=O) groups excluding carboxylic acids is 1. The maximum absolute atomic E-state index is 13.8. The highest BCUT2D eigenvalue weighted by atomic mass is 35.5. The minimum Gasteiger partial charge on any atom is -0.467 e. The van der Waals surface area contributed by atoms with Crippen LogP contribution >= 0.6 is 11.6 Å². The number of hydrogen-bond donors (Lipinski definition) is 1. The molecule has 168 valence electrons. The SMILES string of the molecule is COC(=O)[C@@H]1O[C@@H]2COC(C)(C)O[C@@H]2[C@H](n2cc(-c3cc(F)c(F)c(Cl)c3)nn2)[C@H]1O. The van der Waals surface area contributed by atoms with Crippen LogP contribution in [0.5, 0.6) is 0 Å². The van der Waals surface area contributed by atoms with E-state index in [1.165, 1.54) is 24.1 Å². The van der Waals surface area contributed by atoms with Gasteiger partial charge in [-0.15, -0.1) is 5.10 Å². The fourth-order valence-corrected chi connectivity index (χ4v) is 3.95. The summed E-state index contributed by atoms with van der Waals surface area (Å²) in [6, 6.07) is 1.24. The lowest BCUT2D eigenvalue weighted by molar-refractivity contribution is -0.346. The predicted molar refractivity (Wildman–Crippen MR) is 101 cm³/mol. The van der Waals surface area contributed by atoms with E-state index in [2.05, 4.69) is 10.3 Å². The largest absolute Gasteiger partial charge is 0.467 e. The smallest absolute Gasteiger partial charge is 0.337 e. The first-order valence-corrected chi connectivity index (χ1v) is 9.79. The first-order chi connectivity index (χ1) is 14.6. The fourth-order valence-electron chi connectivity index (χ4n) is 3.74. The van der Waals surface area contributed by atoms with E-state index >= 15 is 0 Å². The second-order valence-electron chi connectivity index (χ2n) is 7.73. The van der Waals surface area contributed by atoms with Crippen molar-refractivity contribution in [1.82, 2.24) is 15.0 Å². The molecular weight excluding hydrogens is 440 g/mol. The number of ether oxygens (including phenoxy) is 4. The molecule has 0 radical (unpaired) electrons. The van der Waals surface area contributed by atoms with Crippen molar-refractivity contribution in [1.29, 1.82) is 0 Å². The lowest BCUT2D eigenvalue weighted by atomic mass is 9.91. The van der Waals surface area contributed by atoms with E-state index in [0.29, 0.717) is 0 Å². The number of rotatable bonds is 3. The van der Waals surface area contributed by atoms with E-state index in [0.717, 1.165) is 6.07 Å². The minimum atomic E-state index is -1.40. The summed E-state index contributed by atoms with van der Waals surface area (Å²) in [5, 5.41) is 18.5. The van der Waals surface area contributed by atoms with Crippen molar-refractivity contribution < 1.29 is 37.6 Å². The Labute approximate surface area is 180 Å². The fraction of sp³-hybridized carbons (Fsp3) is 0.526. The molecule has 0 saturated carbocycles. The van der Waals surface area contributed by atoms with Crippen LogP contribution in [0.4, 0.5) is 8.78 Å². The van der Waals surface area contributed by atoms with Crippen molar-refractivity contribution in [3.05, 3.63) is 35.0 Å². The van der Waals surface area contributed by atoms with Gasteiger partial charge >= 0.3 is 5.97 Å². The number of aliphatic hydroxyl groups is 1. The molecule has 0 amide bonds. The van der Waals surface area contributed by atoms with Gasteiger partial charge in [0.25, 0.3) is 0 Å². The molecule has 1 N–H and O–H groups in total. The van der Waals surface area contributed by atoms with Gasteiger partial charge in [-0.25, -0.2) is 18.3 Å². The standard InChI is InChI=1S/C19H20ClF2N3O6/c1-19(2)29-7-12-16(31-19)14(15(26)17(30-12)18(27)28-3)25-6-11(23-24-25)8-4-9(20)13(22)10(21)5-8/h4-6,12,14-17,26H,7H2,1-3H3/t12-,14-,15-,16+,17-/m1/s1. The molecule has 3 heterocycles. The van der Waals surface area contributed by atoms with Crippen molar-refractivity contribution >= 4 is 17.6 Å². The molecule has 2 fully saturated rings. The summed E-state index contributed by atoms with van der Waals surface area (Å²) in [5.74, 6) is -4.05. The van der Waals surface area contributed by atoms with Gasteiger partial charge in [-0.2, -0.15) is 0 Å². The summed E-state index contributed by atoms with van der Waals surface area (Å²) in [5.41, 5.74) is 0.364. The maximum Gasteiger partial charge on any atom is 0.337 e. The molecule has 2 aromatic rings. The monoisotopic (exact) mass is 459 g/mol. The van der Waals surface area contributed by atoms with E-state index in [9.17, 15) is 18.7 Å². The third-order valence-electron chi connectivity index (χ3n) is 5.23. The second kappa shape index (κ2) is 8.06. The highest BCUT2D eigenvalue weighted by Gasteiger charge is 2.54. The number of aliphatic hydroxyl groups excluding tert-OH is 1. The molecule has 12 heteroatoms. The number of fused-ring (bicyclic) bond motifs is 1. The van der Waals surface area contributed by atoms with Gasteiger partial charge in [-0.05, 0) is 26.0 Å². The summed E-state index contributed by atoms with van der Waals surface area (Å²) in [6.07, 6.45) is -2.74. The van der Waals surface area contributed by atoms with Crippen molar-refractivity contribution in [3.63, 3.8) is 0 Å².